The third-order valence-electron chi connectivity index (χ3n) is 3.46. The molecule has 22 heavy (non-hydrogen) atoms. The first-order chi connectivity index (χ1) is 10.8. The van der Waals surface area contributed by atoms with Crippen LogP contribution in [0.15, 0.2) is 70.9 Å². The first kappa shape index (κ1) is 15.4. The third kappa shape index (κ3) is 4.28. The van der Waals surface area contributed by atoms with Crippen molar-refractivity contribution in [2.24, 2.45) is 10.2 Å². The lowest BCUT2D eigenvalue weighted by Crippen LogP contribution is -2.00. The summed E-state index contributed by atoms with van der Waals surface area (Å²) in [5, 5.41) is 7.73. The predicted molar refractivity (Wildman–Crippen MR) is 85.9 cm³/mol. The number of hydrogen-bond donors (Lipinski definition) is 0. The molecule has 110 valence electrons. The average molecular weight is 292 g/mol. The van der Waals surface area contributed by atoms with Crippen molar-refractivity contribution in [2.75, 3.05) is 0 Å². The van der Waals surface area contributed by atoms with E-state index in [2.05, 4.69) is 20.1 Å². The summed E-state index contributed by atoms with van der Waals surface area (Å²) in [5.74, 6) is 0. The highest BCUT2D eigenvalue weighted by Gasteiger charge is 2.14. The molecule has 0 aromatic heterocycles. The number of hydrogen-bond acceptors (Lipinski definition) is 2. The molecule has 0 saturated heterocycles. The minimum Gasteiger partial charge on any atom is -0.0859 e. The van der Waals surface area contributed by atoms with Gasteiger partial charge in [0.2, 0.25) is 0 Å². The van der Waals surface area contributed by atoms with Crippen LogP contribution in [-0.4, -0.2) is 0 Å². The van der Waals surface area contributed by atoms with Crippen molar-refractivity contribution < 1.29 is 0 Å². The molecule has 6 nitrogen and oxygen atoms in total. The second-order valence-corrected chi connectivity index (χ2v) is 4.84. The maximum Gasteiger partial charge on any atom is 0.0625 e. The maximum atomic E-state index is 8.76. The fourth-order valence-corrected chi connectivity index (χ4v) is 2.37. The molecule has 2 rings (SSSR count). The Labute approximate surface area is 128 Å². The molecule has 0 aliphatic carbocycles. The van der Waals surface area contributed by atoms with Gasteiger partial charge in [-0.25, -0.2) is 0 Å². The molecule has 6 heteroatoms. The number of benzene rings is 2. The number of rotatable bonds is 7. The fraction of sp³-hybridized carbons (Fsp3) is 0.250. The SMILES string of the molecule is [N-]=[N+]=N[C@H](CC[C@@H](N=[N+]=[N-])c1ccccc1)c1ccccc1. The summed E-state index contributed by atoms with van der Waals surface area (Å²) in [7, 11) is 0. The van der Waals surface area contributed by atoms with Gasteiger partial charge in [0.05, 0.1) is 12.1 Å². The second-order valence-electron chi connectivity index (χ2n) is 4.84. The van der Waals surface area contributed by atoms with Gasteiger partial charge in [-0.15, -0.1) is 0 Å². The van der Waals surface area contributed by atoms with E-state index in [4.69, 9.17) is 11.1 Å². The second kappa shape index (κ2) is 8.37. The summed E-state index contributed by atoms with van der Waals surface area (Å²) in [4.78, 5) is 5.86. The van der Waals surface area contributed by atoms with Crippen molar-refractivity contribution in [3.8, 4) is 0 Å². The van der Waals surface area contributed by atoms with Crippen molar-refractivity contribution >= 4 is 0 Å². The lowest BCUT2D eigenvalue weighted by atomic mass is 9.97. The largest absolute Gasteiger partial charge is 0.0859 e. The molecule has 0 aliphatic heterocycles. The van der Waals surface area contributed by atoms with Crippen LogP contribution in [0.1, 0.15) is 36.1 Å². The zero-order valence-electron chi connectivity index (χ0n) is 12.0. The molecule has 0 bridgehead atoms. The number of nitrogens with zero attached hydrogens (tertiary/aromatic N) is 6. The molecule has 2 atom stereocenters. The highest BCUT2D eigenvalue weighted by atomic mass is 15.2. The zero-order valence-corrected chi connectivity index (χ0v) is 12.0. The molecular formula is C16H16N6. The van der Waals surface area contributed by atoms with Gasteiger partial charge in [-0.3, -0.25) is 0 Å². The summed E-state index contributed by atoms with van der Waals surface area (Å²) in [5.41, 5.74) is 19.5. The number of azide groups is 2. The Morgan fingerprint density at radius 2 is 1.05 bits per heavy atom. The van der Waals surface area contributed by atoms with Gasteiger partial charge in [0, 0.05) is 9.82 Å². The molecular weight excluding hydrogens is 276 g/mol. The van der Waals surface area contributed by atoms with E-state index in [0.717, 1.165) is 11.1 Å². The molecule has 0 aliphatic rings. The Bertz CT molecular complexity index is 611. The van der Waals surface area contributed by atoms with Gasteiger partial charge in [0.1, 0.15) is 0 Å². The van der Waals surface area contributed by atoms with Crippen molar-refractivity contribution in [2.45, 2.75) is 24.9 Å². The molecule has 2 aromatic rings. The van der Waals surface area contributed by atoms with Crippen LogP contribution in [0, 0.1) is 0 Å². The first-order valence-electron chi connectivity index (χ1n) is 7.03. The molecule has 0 N–H and O–H groups in total. The van der Waals surface area contributed by atoms with E-state index >= 15 is 0 Å². The van der Waals surface area contributed by atoms with Gasteiger partial charge in [-0.2, -0.15) is 0 Å². The lowest BCUT2D eigenvalue weighted by Gasteiger charge is -2.15. The Kier molecular flexibility index (Phi) is 5.88. The van der Waals surface area contributed by atoms with Crippen LogP contribution in [-0.2, 0) is 0 Å². The van der Waals surface area contributed by atoms with E-state index in [-0.39, 0.29) is 12.1 Å². The van der Waals surface area contributed by atoms with Crippen LogP contribution in [0.5, 0.6) is 0 Å². The van der Waals surface area contributed by atoms with Gasteiger partial charge < -0.3 is 0 Å². The Hall–Kier alpha value is -2.94. The van der Waals surface area contributed by atoms with Crippen molar-refractivity contribution in [3.05, 3.63) is 92.7 Å². The van der Waals surface area contributed by atoms with E-state index in [1.54, 1.807) is 0 Å². The monoisotopic (exact) mass is 292 g/mol. The van der Waals surface area contributed by atoms with E-state index in [0.29, 0.717) is 12.8 Å². The van der Waals surface area contributed by atoms with Crippen LogP contribution >= 0.6 is 0 Å². The Balaban J connectivity index is 2.13. The smallest absolute Gasteiger partial charge is 0.0625 e. The molecule has 0 unspecified atom stereocenters. The summed E-state index contributed by atoms with van der Waals surface area (Å²) in [6.07, 6.45) is 1.24. The summed E-state index contributed by atoms with van der Waals surface area (Å²) in [6, 6.07) is 18.7. The van der Waals surface area contributed by atoms with E-state index in [1.165, 1.54) is 0 Å². The highest BCUT2D eigenvalue weighted by Crippen LogP contribution is 2.30. The zero-order chi connectivity index (χ0) is 15.6. The summed E-state index contributed by atoms with van der Waals surface area (Å²) in [6.45, 7) is 0. The minimum absolute atomic E-state index is 0.258. The minimum atomic E-state index is -0.258. The van der Waals surface area contributed by atoms with Crippen LogP contribution < -0.4 is 0 Å². The lowest BCUT2D eigenvalue weighted by molar-refractivity contribution is 0.543. The van der Waals surface area contributed by atoms with Crippen molar-refractivity contribution in [1.29, 1.82) is 0 Å². The third-order valence-corrected chi connectivity index (χ3v) is 3.46. The van der Waals surface area contributed by atoms with Gasteiger partial charge in [-0.05, 0) is 35.0 Å². The van der Waals surface area contributed by atoms with E-state index in [1.807, 2.05) is 60.7 Å². The normalized spacial score (nSPS) is 12.5. The predicted octanol–water partition coefficient (Wildman–Crippen LogP) is 5.87. The quantitative estimate of drug-likeness (QED) is 0.346. The van der Waals surface area contributed by atoms with Gasteiger partial charge >= 0.3 is 0 Å². The Morgan fingerprint density at radius 3 is 1.36 bits per heavy atom. The highest BCUT2D eigenvalue weighted by molar-refractivity contribution is 5.21. The van der Waals surface area contributed by atoms with Crippen molar-refractivity contribution in [1.82, 2.24) is 0 Å². The molecule has 0 fully saturated rings. The van der Waals surface area contributed by atoms with Crippen LogP contribution in [0.2, 0.25) is 0 Å². The van der Waals surface area contributed by atoms with E-state index < -0.39 is 0 Å². The van der Waals surface area contributed by atoms with Gasteiger partial charge in [0.25, 0.3) is 0 Å². The summed E-state index contributed by atoms with van der Waals surface area (Å²) >= 11 is 0. The molecule has 0 radical (unpaired) electrons. The molecule has 0 spiro atoms. The van der Waals surface area contributed by atoms with Crippen molar-refractivity contribution in [3.63, 3.8) is 0 Å². The van der Waals surface area contributed by atoms with Crippen LogP contribution in [0.25, 0.3) is 20.9 Å². The Morgan fingerprint density at radius 1 is 0.682 bits per heavy atom. The van der Waals surface area contributed by atoms with Gasteiger partial charge in [0.15, 0.2) is 0 Å². The maximum absolute atomic E-state index is 8.76. The van der Waals surface area contributed by atoms with E-state index in [9.17, 15) is 0 Å². The van der Waals surface area contributed by atoms with Gasteiger partial charge in [-0.1, -0.05) is 70.9 Å². The summed E-state index contributed by atoms with van der Waals surface area (Å²) < 4.78 is 0. The topological polar surface area (TPSA) is 97.5 Å². The fourth-order valence-electron chi connectivity index (χ4n) is 2.37. The average Bonchev–Trinajstić information content (AvgIpc) is 2.59. The molecule has 0 saturated carbocycles. The molecule has 0 heterocycles. The molecule has 2 aromatic carbocycles. The molecule has 0 amide bonds. The standard InChI is InChI=1S/C16H16N6/c17-21-19-15(13-7-3-1-4-8-13)11-12-16(20-22-18)14-9-5-2-6-10-14/h1-10,15-16H,11-12H2/t15-,16-/m1/s1. The van der Waals surface area contributed by atoms with Crippen LogP contribution in [0.3, 0.4) is 0 Å². The first-order valence-corrected chi connectivity index (χ1v) is 7.03. The van der Waals surface area contributed by atoms with Crippen LogP contribution in [0.4, 0.5) is 0 Å².